The smallest absolute Gasteiger partial charge is 0.141 e. The average molecular weight is 304 g/mol. The van der Waals surface area contributed by atoms with E-state index in [1.165, 1.54) is 5.56 Å². The van der Waals surface area contributed by atoms with Crippen molar-refractivity contribution in [3.05, 3.63) is 64.2 Å². The summed E-state index contributed by atoms with van der Waals surface area (Å²) in [5.74, 6) is 0.746. The lowest BCUT2D eigenvalue weighted by atomic mass is 10.1. The van der Waals surface area contributed by atoms with Crippen LogP contribution in [0.25, 0.3) is 0 Å². The zero-order chi connectivity index (χ0) is 15.2. The molecule has 2 aromatic rings. The van der Waals surface area contributed by atoms with Gasteiger partial charge in [0.05, 0.1) is 5.02 Å². The van der Waals surface area contributed by atoms with Crippen molar-refractivity contribution in [2.45, 2.75) is 39.3 Å². The first-order valence-corrected chi connectivity index (χ1v) is 7.71. The third-order valence-corrected chi connectivity index (χ3v) is 3.70. The maximum absolute atomic E-state index is 6.26. The molecule has 1 atom stereocenters. The van der Waals surface area contributed by atoms with Gasteiger partial charge in [-0.2, -0.15) is 0 Å². The van der Waals surface area contributed by atoms with Gasteiger partial charge in [0.25, 0.3) is 0 Å². The largest absolute Gasteiger partial charge is 0.487 e. The maximum atomic E-state index is 6.26. The van der Waals surface area contributed by atoms with Gasteiger partial charge in [-0.05, 0) is 42.5 Å². The van der Waals surface area contributed by atoms with E-state index in [2.05, 4.69) is 31.2 Å². The highest BCUT2D eigenvalue weighted by Crippen LogP contribution is 2.30. The number of nitrogens with two attached hydrogens (primary N) is 1. The van der Waals surface area contributed by atoms with Gasteiger partial charge in [0, 0.05) is 6.04 Å². The molecule has 0 aromatic heterocycles. The number of para-hydroxylation sites is 1. The summed E-state index contributed by atoms with van der Waals surface area (Å²) in [7, 11) is 0. The second-order valence-corrected chi connectivity index (χ2v) is 5.78. The van der Waals surface area contributed by atoms with Crippen molar-refractivity contribution in [1.29, 1.82) is 0 Å². The molecule has 2 nitrogen and oxygen atoms in total. The SMILES string of the molecule is CCc1ccc(COc2c(Cl)cccc2CC(C)N)cc1. The first-order chi connectivity index (χ1) is 10.1. The van der Waals surface area contributed by atoms with Crippen LogP contribution in [-0.2, 0) is 19.4 Å². The molecule has 0 saturated carbocycles. The van der Waals surface area contributed by atoms with Gasteiger partial charge < -0.3 is 10.5 Å². The van der Waals surface area contributed by atoms with Gasteiger partial charge in [0.15, 0.2) is 0 Å². The van der Waals surface area contributed by atoms with Gasteiger partial charge >= 0.3 is 0 Å². The Morgan fingerprint density at radius 1 is 1.10 bits per heavy atom. The van der Waals surface area contributed by atoms with E-state index in [0.29, 0.717) is 11.6 Å². The number of hydrogen-bond donors (Lipinski definition) is 1. The molecule has 0 spiro atoms. The second kappa shape index (κ2) is 7.48. The monoisotopic (exact) mass is 303 g/mol. The molecule has 3 heteroatoms. The molecule has 0 heterocycles. The van der Waals surface area contributed by atoms with E-state index in [9.17, 15) is 0 Å². The Hall–Kier alpha value is -1.51. The summed E-state index contributed by atoms with van der Waals surface area (Å²) in [5, 5.41) is 0.637. The van der Waals surface area contributed by atoms with Crippen molar-refractivity contribution in [3.8, 4) is 5.75 Å². The highest BCUT2D eigenvalue weighted by molar-refractivity contribution is 6.32. The Bertz CT molecular complexity index is 578. The van der Waals surface area contributed by atoms with Crippen molar-refractivity contribution in [2.24, 2.45) is 5.73 Å². The zero-order valence-electron chi connectivity index (χ0n) is 12.6. The van der Waals surface area contributed by atoms with E-state index in [0.717, 1.165) is 29.7 Å². The molecule has 0 aliphatic rings. The molecule has 0 fully saturated rings. The molecule has 2 rings (SSSR count). The average Bonchev–Trinajstić information content (AvgIpc) is 2.46. The van der Waals surface area contributed by atoms with Gasteiger partial charge in [-0.3, -0.25) is 0 Å². The van der Waals surface area contributed by atoms with Gasteiger partial charge in [0.2, 0.25) is 0 Å². The summed E-state index contributed by atoms with van der Waals surface area (Å²) in [6, 6.07) is 14.3. The number of aryl methyl sites for hydroxylation is 1. The molecule has 21 heavy (non-hydrogen) atoms. The first-order valence-electron chi connectivity index (χ1n) is 7.33. The molecule has 0 saturated heterocycles. The van der Waals surface area contributed by atoms with Crippen LogP contribution in [0.15, 0.2) is 42.5 Å². The topological polar surface area (TPSA) is 35.2 Å². The Labute approximate surface area is 131 Å². The van der Waals surface area contributed by atoms with Crippen LogP contribution in [0.1, 0.15) is 30.5 Å². The van der Waals surface area contributed by atoms with Crippen LogP contribution in [0.2, 0.25) is 5.02 Å². The zero-order valence-corrected chi connectivity index (χ0v) is 13.4. The minimum atomic E-state index is 0.0784. The van der Waals surface area contributed by atoms with Crippen LogP contribution in [0, 0.1) is 0 Å². The number of hydrogen-bond acceptors (Lipinski definition) is 2. The summed E-state index contributed by atoms with van der Waals surface area (Å²) in [6.45, 7) is 4.64. The van der Waals surface area contributed by atoms with Crippen LogP contribution in [0.5, 0.6) is 5.75 Å². The molecular weight excluding hydrogens is 282 g/mol. The Kier molecular flexibility index (Phi) is 5.66. The van der Waals surface area contributed by atoms with Crippen molar-refractivity contribution in [1.82, 2.24) is 0 Å². The molecule has 0 bridgehead atoms. The minimum absolute atomic E-state index is 0.0784. The minimum Gasteiger partial charge on any atom is -0.487 e. The quantitative estimate of drug-likeness (QED) is 0.860. The van der Waals surface area contributed by atoms with Crippen LogP contribution in [0.3, 0.4) is 0 Å². The molecule has 0 aliphatic heterocycles. The van der Waals surface area contributed by atoms with Gasteiger partial charge in [0.1, 0.15) is 12.4 Å². The summed E-state index contributed by atoms with van der Waals surface area (Å²) in [5.41, 5.74) is 9.41. The van der Waals surface area contributed by atoms with Crippen molar-refractivity contribution < 1.29 is 4.74 Å². The van der Waals surface area contributed by atoms with Crippen LogP contribution in [-0.4, -0.2) is 6.04 Å². The second-order valence-electron chi connectivity index (χ2n) is 5.37. The van der Waals surface area contributed by atoms with Crippen LogP contribution in [0.4, 0.5) is 0 Å². The standard InChI is InChI=1S/C18H22ClNO/c1-3-14-7-9-15(10-8-14)12-21-18-16(11-13(2)20)5-4-6-17(18)19/h4-10,13H,3,11-12,20H2,1-2H3. The fraction of sp³-hybridized carbons (Fsp3) is 0.333. The lowest BCUT2D eigenvalue weighted by molar-refractivity contribution is 0.302. The number of benzene rings is 2. The van der Waals surface area contributed by atoms with Crippen molar-refractivity contribution >= 4 is 11.6 Å². The van der Waals surface area contributed by atoms with E-state index >= 15 is 0 Å². The number of halogens is 1. The predicted octanol–water partition coefficient (Wildman–Crippen LogP) is 4.37. The highest BCUT2D eigenvalue weighted by atomic mass is 35.5. The third-order valence-electron chi connectivity index (χ3n) is 3.40. The molecule has 0 radical (unpaired) electrons. The van der Waals surface area contributed by atoms with E-state index in [-0.39, 0.29) is 6.04 Å². The summed E-state index contributed by atoms with van der Waals surface area (Å²) in [4.78, 5) is 0. The van der Waals surface area contributed by atoms with Crippen LogP contribution >= 0.6 is 11.6 Å². The molecule has 2 N–H and O–H groups in total. The van der Waals surface area contributed by atoms with Gasteiger partial charge in [-0.1, -0.05) is 54.9 Å². The van der Waals surface area contributed by atoms with Crippen molar-refractivity contribution in [3.63, 3.8) is 0 Å². The van der Waals surface area contributed by atoms with Gasteiger partial charge in [-0.15, -0.1) is 0 Å². The Morgan fingerprint density at radius 2 is 1.76 bits per heavy atom. The van der Waals surface area contributed by atoms with E-state index < -0.39 is 0 Å². The van der Waals surface area contributed by atoms with Crippen molar-refractivity contribution in [2.75, 3.05) is 0 Å². The van der Waals surface area contributed by atoms with E-state index in [1.54, 1.807) is 0 Å². The number of rotatable bonds is 6. The Morgan fingerprint density at radius 3 is 2.38 bits per heavy atom. The summed E-state index contributed by atoms with van der Waals surface area (Å²) in [6.07, 6.45) is 1.80. The number of ether oxygens (including phenoxy) is 1. The molecule has 2 aromatic carbocycles. The third kappa shape index (κ3) is 4.48. The fourth-order valence-corrected chi connectivity index (χ4v) is 2.50. The van der Waals surface area contributed by atoms with E-state index in [4.69, 9.17) is 22.1 Å². The maximum Gasteiger partial charge on any atom is 0.141 e. The predicted molar refractivity (Wildman–Crippen MR) is 89.0 cm³/mol. The summed E-state index contributed by atoms with van der Waals surface area (Å²) >= 11 is 6.26. The van der Waals surface area contributed by atoms with Gasteiger partial charge in [-0.25, -0.2) is 0 Å². The Balaban J connectivity index is 2.11. The molecular formula is C18H22ClNO. The molecule has 0 aliphatic carbocycles. The lowest BCUT2D eigenvalue weighted by Gasteiger charge is -2.15. The normalized spacial score (nSPS) is 12.2. The molecule has 1 unspecified atom stereocenters. The highest BCUT2D eigenvalue weighted by Gasteiger charge is 2.10. The van der Waals surface area contributed by atoms with Crippen LogP contribution < -0.4 is 10.5 Å². The lowest BCUT2D eigenvalue weighted by Crippen LogP contribution is -2.18. The molecule has 0 amide bonds. The summed E-state index contributed by atoms with van der Waals surface area (Å²) < 4.78 is 5.94. The first kappa shape index (κ1) is 15.9. The fourth-order valence-electron chi connectivity index (χ4n) is 2.25. The van der Waals surface area contributed by atoms with E-state index in [1.807, 2.05) is 25.1 Å². The molecule has 112 valence electrons.